The molecular weight excluding hydrogens is 198 g/mol. The lowest BCUT2D eigenvalue weighted by atomic mass is 10.1. The molecule has 1 aliphatic rings. The van der Waals surface area contributed by atoms with E-state index in [4.69, 9.17) is 0 Å². The topological polar surface area (TPSA) is 45.6 Å². The van der Waals surface area contributed by atoms with Crippen LogP contribution >= 0.6 is 13.5 Å². The van der Waals surface area contributed by atoms with Gasteiger partial charge in [-0.1, -0.05) is 6.07 Å². The third-order valence-electron chi connectivity index (χ3n) is 2.40. The lowest BCUT2D eigenvalue weighted by Crippen LogP contribution is -2.15. The van der Waals surface area contributed by atoms with Gasteiger partial charge in [-0.2, -0.15) is 13.5 Å². The second-order valence-corrected chi connectivity index (χ2v) is 3.19. The van der Waals surface area contributed by atoms with E-state index in [9.17, 15) is 4.91 Å². The van der Waals surface area contributed by atoms with Gasteiger partial charge in [0.25, 0.3) is 0 Å². The first-order valence-corrected chi connectivity index (χ1v) is 4.41. The first-order chi connectivity index (χ1) is 6.42. The van der Waals surface area contributed by atoms with E-state index in [0.29, 0.717) is 0 Å². The van der Waals surface area contributed by atoms with Crippen LogP contribution in [-0.2, 0) is 0 Å². The van der Waals surface area contributed by atoms with E-state index in [1.807, 2.05) is 12.1 Å². The first-order valence-electron chi connectivity index (χ1n) is 4.41. The third kappa shape index (κ3) is 2.04. The van der Waals surface area contributed by atoms with Gasteiger partial charge in [-0.05, 0) is 24.5 Å². The molecule has 5 heteroatoms. The molecule has 1 aliphatic heterocycles. The zero-order valence-corrected chi connectivity index (χ0v) is 8.76. The number of hydrogen-bond acceptors (Lipinski definition) is 3. The fourth-order valence-corrected chi connectivity index (χ4v) is 1.76. The summed E-state index contributed by atoms with van der Waals surface area (Å²) < 4.78 is 0. The molecule has 0 N–H and O–H groups in total. The summed E-state index contributed by atoms with van der Waals surface area (Å²) in [7, 11) is 0. The SMILES string of the molecule is O=NN1CCC[C@H]1c1cccnc1.S. The van der Waals surface area contributed by atoms with E-state index in [1.165, 1.54) is 0 Å². The summed E-state index contributed by atoms with van der Waals surface area (Å²) in [6.07, 6.45) is 5.56. The Hall–Kier alpha value is -1.10. The number of pyridine rings is 1. The molecule has 1 fully saturated rings. The highest BCUT2D eigenvalue weighted by Gasteiger charge is 2.25. The normalized spacial score (nSPS) is 20.3. The molecule has 2 rings (SSSR count). The van der Waals surface area contributed by atoms with Gasteiger partial charge < -0.3 is 0 Å². The van der Waals surface area contributed by atoms with Crippen LogP contribution in [0.5, 0.6) is 0 Å². The van der Waals surface area contributed by atoms with Crippen molar-refractivity contribution in [1.82, 2.24) is 9.99 Å². The Kier molecular flexibility index (Phi) is 3.88. The first kappa shape index (κ1) is 11.0. The second kappa shape index (κ2) is 4.95. The summed E-state index contributed by atoms with van der Waals surface area (Å²) in [6, 6.07) is 4.02. The van der Waals surface area contributed by atoms with Crippen LogP contribution in [0.15, 0.2) is 29.8 Å². The molecule has 1 aromatic rings. The van der Waals surface area contributed by atoms with Crippen molar-refractivity contribution in [2.24, 2.45) is 5.29 Å². The maximum Gasteiger partial charge on any atom is 0.0767 e. The number of nitrogens with zero attached hydrogens (tertiary/aromatic N) is 3. The standard InChI is InChI=1S/C9H11N3O.H2S/c13-11-12-6-2-4-9(12)8-3-1-5-10-7-8;/h1,3,5,7,9H,2,4,6H2;1H2/t9-;/m0./s1. The molecular formula is C9H13N3OS. The van der Waals surface area contributed by atoms with Gasteiger partial charge in [-0.25, -0.2) is 0 Å². The molecule has 0 unspecified atom stereocenters. The van der Waals surface area contributed by atoms with Gasteiger partial charge in [0.2, 0.25) is 0 Å². The predicted molar refractivity (Wildman–Crippen MR) is 59.1 cm³/mol. The Labute approximate surface area is 89.7 Å². The molecule has 0 aromatic carbocycles. The van der Waals surface area contributed by atoms with Crippen LogP contribution < -0.4 is 0 Å². The van der Waals surface area contributed by atoms with Crippen molar-refractivity contribution in [2.75, 3.05) is 6.54 Å². The fraction of sp³-hybridized carbons (Fsp3) is 0.444. The summed E-state index contributed by atoms with van der Waals surface area (Å²) in [6.45, 7) is 0.767. The largest absolute Gasteiger partial charge is 0.264 e. The van der Waals surface area contributed by atoms with Gasteiger partial charge in [0.15, 0.2) is 0 Å². The molecule has 0 amide bonds. The molecule has 0 aliphatic carbocycles. The van der Waals surface area contributed by atoms with E-state index in [2.05, 4.69) is 10.3 Å². The zero-order chi connectivity index (χ0) is 9.10. The van der Waals surface area contributed by atoms with Crippen LogP contribution in [0.1, 0.15) is 24.4 Å². The van der Waals surface area contributed by atoms with Gasteiger partial charge in [-0.15, -0.1) is 4.91 Å². The van der Waals surface area contributed by atoms with E-state index >= 15 is 0 Å². The Balaban J connectivity index is 0.000000980. The Morgan fingerprint density at radius 2 is 2.43 bits per heavy atom. The quantitative estimate of drug-likeness (QED) is 0.703. The molecule has 2 heterocycles. The van der Waals surface area contributed by atoms with Gasteiger partial charge in [0, 0.05) is 18.9 Å². The van der Waals surface area contributed by atoms with E-state index < -0.39 is 0 Å². The van der Waals surface area contributed by atoms with E-state index in [1.54, 1.807) is 17.4 Å². The van der Waals surface area contributed by atoms with Crippen LogP contribution in [0.4, 0.5) is 0 Å². The van der Waals surface area contributed by atoms with Crippen LogP contribution in [0.25, 0.3) is 0 Å². The molecule has 0 bridgehead atoms. The maximum atomic E-state index is 10.4. The summed E-state index contributed by atoms with van der Waals surface area (Å²) in [5.41, 5.74) is 1.08. The summed E-state index contributed by atoms with van der Waals surface area (Å²) in [5, 5.41) is 4.60. The molecule has 1 aromatic heterocycles. The third-order valence-corrected chi connectivity index (χ3v) is 2.40. The van der Waals surface area contributed by atoms with Gasteiger partial charge in [0.05, 0.1) is 11.3 Å². The number of rotatable bonds is 2. The summed E-state index contributed by atoms with van der Waals surface area (Å²) >= 11 is 0. The van der Waals surface area contributed by atoms with E-state index in [-0.39, 0.29) is 19.5 Å². The Bertz CT molecular complexity index is 293. The fourth-order valence-electron chi connectivity index (χ4n) is 1.76. The summed E-state index contributed by atoms with van der Waals surface area (Å²) in [4.78, 5) is 14.5. The average molecular weight is 211 g/mol. The van der Waals surface area contributed by atoms with Crippen LogP contribution in [0.2, 0.25) is 0 Å². The summed E-state index contributed by atoms with van der Waals surface area (Å²) in [5.74, 6) is 0. The van der Waals surface area contributed by atoms with Crippen molar-refractivity contribution in [3.63, 3.8) is 0 Å². The lowest BCUT2D eigenvalue weighted by Gasteiger charge is -2.17. The molecule has 1 saturated heterocycles. The second-order valence-electron chi connectivity index (χ2n) is 3.19. The smallest absolute Gasteiger partial charge is 0.0767 e. The molecule has 0 radical (unpaired) electrons. The number of aromatic nitrogens is 1. The van der Waals surface area contributed by atoms with Crippen molar-refractivity contribution >= 4 is 13.5 Å². The van der Waals surface area contributed by atoms with Gasteiger partial charge >= 0.3 is 0 Å². The van der Waals surface area contributed by atoms with Gasteiger partial charge in [0.1, 0.15) is 0 Å². The highest BCUT2D eigenvalue weighted by molar-refractivity contribution is 7.59. The average Bonchev–Trinajstić information content (AvgIpc) is 2.67. The molecule has 0 spiro atoms. The maximum absolute atomic E-state index is 10.4. The van der Waals surface area contributed by atoms with Crippen molar-refractivity contribution in [2.45, 2.75) is 18.9 Å². The molecule has 0 saturated carbocycles. The Morgan fingerprint density at radius 1 is 1.57 bits per heavy atom. The minimum absolute atomic E-state index is 0. The highest BCUT2D eigenvalue weighted by atomic mass is 32.1. The zero-order valence-electron chi connectivity index (χ0n) is 7.76. The van der Waals surface area contributed by atoms with Crippen molar-refractivity contribution in [1.29, 1.82) is 0 Å². The van der Waals surface area contributed by atoms with Crippen LogP contribution in [-0.4, -0.2) is 16.5 Å². The Morgan fingerprint density at radius 3 is 3.07 bits per heavy atom. The van der Waals surface area contributed by atoms with E-state index in [0.717, 1.165) is 24.9 Å². The van der Waals surface area contributed by atoms with Crippen LogP contribution in [0, 0.1) is 4.91 Å². The van der Waals surface area contributed by atoms with Crippen molar-refractivity contribution < 1.29 is 0 Å². The van der Waals surface area contributed by atoms with Crippen LogP contribution in [0.3, 0.4) is 0 Å². The van der Waals surface area contributed by atoms with Crippen molar-refractivity contribution in [3.05, 3.63) is 35.0 Å². The minimum Gasteiger partial charge on any atom is -0.264 e. The lowest BCUT2D eigenvalue weighted by molar-refractivity contribution is 0.266. The molecule has 76 valence electrons. The van der Waals surface area contributed by atoms with Crippen molar-refractivity contribution in [3.8, 4) is 0 Å². The monoisotopic (exact) mass is 211 g/mol. The van der Waals surface area contributed by atoms with Gasteiger partial charge in [-0.3, -0.25) is 9.99 Å². The molecule has 14 heavy (non-hydrogen) atoms. The predicted octanol–water partition coefficient (Wildman–Crippen LogP) is 2.01. The highest BCUT2D eigenvalue weighted by Crippen LogP contribution is 2.30. The molecule has 1 atom stereocenters. The molecule has 4 nitrogen and oxygen atoms in total. The minimum atomic E-state index is 0. The number of nitroso groups, excluding NO2 is 1. The number of hydrogen-bond donors (Lipinski definition) is 0.